The minimum atomic E-state index is -0.0445. The van der Waals surface area contributed by atoms with E-state index in [2.05, 4.69) is 15.7 Å². The predicted octanol–water partition coefficient (Wildman–Crippen LogP) is 2.50. The first-order valence-corrected chi connectivity index (χ1v) is 7.05. The van der Waals surface area contributed by atoms with E-state index in [1.807, 2.05) is 13.0 Å². The molecular weight excluding hydrogens is 299 g/mol. The van der Waals surface area contributed by atoms with Gasteiger partial charge in [0.1, 0.15) is 0 Å². The standard InChI is InChI=1S/C13H20Cl2N4O/c1-9(11-5-4-10(14)8-12(11)15)18-13(19-16)17-6-3-7-20-2/h4-5,8-9H,3,6-7,16H2,1-2H3,(H2,17,18,19). The van der Waals surface area contributed by atoms with E-state index in [1.54, 1.807) is 19.2 Å². The van der Waals surface area contributed by atoms with Crippen LogP contribution in [0.1, 0.15) is 24.9 Å². The number of nitrogens with two attached hydrogens (primary N) is 1. The molecule has 0 fully saturated rings. The third kappa shape index (κ3) is 5.54. The first-order valence-electron chi connectivity index (χ1n) is 6.30. The molecule has 5 nitrogen and oxygen atoms in total. The van der Waals surface area contributed by atoms with Gasteiger partial charge < -0.3 is 10.1 Å². The first-order chi connectivity index (χ1) is 9.58. The average Bonchev–Trinajstić information content (AvgIpc) is 2.41. The van der Waals surface area contributed by atoms with Crippen LogP contribution in [0.3, 0.4) is 0 Å². The van der Waals surface area contributed by atoms with E-state index in [0.29, 0.717) is 29.2 Å². The Kier molecular flexibility index (Phi) is 7.69. The number of hydrazine groups is 1. The van der Waals surface area contributed by atoms with Gasteiger partial charge >= 0.3 is 0 Å². The summed E-state index contributed by atoms with van der Waals surface area (Å²) < 4.78 is 4.96. The Hall–Kier alpha value is -1.01. The maximum atomic E-state index is 6.16. The fourth-order valence-electron chi connectivity index (χ4n) is 1.67. The summed E-state index contributed by atoms with van der Waals surface area (Å²) in [4.78, 5) is 4.31. The number of rotatable bonds is 6. The molecule has 7 heteroatoms. The van der Waals surface area contributed by atoms with Crippen molar-refractivity contribution in [3.05, 3.63) is 33.8 Å². The first kappa shape index (κ1) is 17.0. The van der Waals surface area contributed by atoms with Crippen molar-refractivity contribution in [1.29, 1.82) is 0 Å². The van der Waals surface area contributed by atoms with Crippen molar-refractivity contribution in [2.75, 3.05) is 20.3 Å². The van der Waals surface area contributed by atoms with Crippen molar-refractivity contribution in [2.24, 2.45) is 10.8 Å². The van der Waals surface area contributed by atoms with Crippen LogP contribution < -0.4 is 16.6 Å². The number of methoxy groups -OCH3 is 1. The average molecular weight is 319 g/mol. The minimum Gasteiger partial charge on any atom is -0.385 e. The number of guanidine groups is 1. The summed E-state index contributed by atoms with van der Waals surface area (Å²) >= 11 is 12.0. The molecule has 0 saturated carbocycles. The Balaban J connectivity index is 2.64. The van der Waals surface area contributed by atoms with Crippen LogP contribution in [0, 0.1) is 0 Å². The second kappa shape index (κ2) is 9.02. The van der Waals surface area contributed by atoms with Crippen molar-refractivity contribution >= 4 is 29.2 Å². The number of nitrogens with one attached hydrogen (secondary N) is 2. The summed E-state index contributed by atoms with van der Waals surface area (Å²) in [7, 11) is 1.66. The maximum Gasteiger partial charge on any atom is 0.206 e. The third-order valence-electron chi connectivity index (χ3n) is 2.70. The normalized spacial score (nSPS) is 13.2. The van der Waals surface area contributed by atoms with E-state index in [4.69, 9.17) is 33.8 Å². The molecule has 0 aromatic heterocycles. The molecular formula is C13H20Cl2N4O. The molecule has 0 saturated heterocycles. The lowest BCUT2D eigenvalue weighted by molar-refractivity contribution is 0.197. The number of halogens is 2. The van der Waals surface area contributed by atoms with Crippen molar-refractivity contribution in [3.8, 4) is 0 Å². The molecule has 0 bridgehead atoms. The fourth-order valence-corrected chi connectivity index (χ4v) is 2.24. The lowest BCUT2D eigenvalue weighted by atomic mass is 10.1. The Morgan fingerprint density at radius 2 is 2.20 bits per heavy atom. The van der Waals surface area contributed by atoms with Crippen LogP contribution in [0.25, 0.3) is 0 Å². The molecule has 20 heavy (non-hydrogen) atoms. The van der Waals surface area contributed by atoms with E-state index < -0.39 is 0 Å². The van der Waals surface area contributed by atoms with Gasteiger partial charge in [-0.1, -0.05) is 29.3 Å². The number of hydrogen-bond acceptors (Lipinski definition) is 3. The van der Waals surface area contributed by atoms with Crippen LogP contribution >= 0.6 is 23.2 Å². The van der Waals surface area contributed by atoms with Crippen molar-refractivity contribution in [1.82, 2.24) is 10.7 Å². The van der Waals surface area contributed by atoms with Gasteiger partial charge in [-0.05, 0) is 31.0 Å². The van der Waals surface area contributed by atoms with Gasteiger partial charge in [-0.25, -0.2) is 5.84 Å². The summed E-state index contributed by atoms with van der Waals surface area (Å²) in [6.45, 7) is 3.26. The minimum absolute atomic E-state index is 0.0445. The summed E-state index contributed by atoms with van der Waals surface area (Å²) in [6, 6.07) is 5.34. The van der Waals surface area contributed by atoms with E-state index >= 15 is 0 Å². The topological polar surface area (TPSA) is 71.7 Å². The Bertz CT molecular complexity index is 454. The Morgan fingerprint density at radius 3 is 2.80 bits per heavy atom. The van der Waals surface area contributed by atoms with Gasteiger partial charge in [0, 0.05) is 30.3 Å². The molecule has 0 radical (unpaired) electrons. The van der Waals surface area contributed by atoms with E-state index in [9.17, 15) is 0 Å². The van der Waals surface area contributed by atoms with Crippen LogP contribution in [0.5, 0.6) is 0 Å². The molecule has 1 unspecified atom stereocenters. The largest absolute Gasteiger partial charge is 0.385 e. The molecule has 1 rings (SSSR count). The fraction of sp³-hybridized carbons (Fsp3) is 0.462. The van der Waals surface area contributed by atoms with Gasteiger partial charge in [-0.3, -0.25) is 10.4 Å². The zero-order chi connectivity index (χ0) is 15.0. The van der Waals surface area contributed by atoms with Crippen molar-refractivity contribution < 1.29 is 4.74 Å². The second-order valence-corrected chi connectivity index (χ2v) is 5.10. The number of ether oxygens (including phenoxy) is 1. The predicted molar refractivity (Wildman–Crippen MR) is 84.1 cm³/mol. The molecule has 0 heterocycles. The van der Waals surface area contributed by atoms with E-state index in [-0.39, 0.29) is 6.04 Å². The molecule has 0 aliphatic heterocycles. The number of aliphatic imine (C=N–C) groups is 1. The molecule has 0 amide bonds. The van der Waals surface area contributed by atoms with Gasteiger partial charge in [0.25, 0.3) is 0 Å². The highest BCUT2D eigenvalue weighted by Crippen LogP contribution is 2.25. The molecule has 0 aliphatic rings. The van der Waals surface area contributed by atoms with Crippen LogP contribution in [0.15, 0.2) is 23.2 Å². The van der Waals surface area contributed by atoms with Gasteiger partial charge in [0.15, 0.2) is 0 Å². The monoisotopic (exact) mass is 318 g/mol. The zero-order valence-corrected chi connectivity index (χ0v) is 13.1. The smallest absolute Gasteiger partial charge is 0.206 e. The SMILES string of the molecule is COCCCN=C(NN)NC(C)c1ccc(Cl)cc1Cl. The Morgan fingerprint density at radius 1 is 1.45 bits per heavy atom. The second-order valence-electron chi connectivity index (χ2n) is 4.25. The highest BCUT2D eigenvalue weighted by atomic mass is 35.5. The summed E-state index contributed by atoms with van der Waals surface area (Å²) in [6.07, 6.45) is 0.833. The highest BCUT2D eigenvalue weighted by Gasteiger charge is 2.11. The van der Waals surface area contributed by atoms with Gasteiger partial charge in [-0.15, -0.1) is 0 Å². The quantitative estimate of drug-likeness (QED) is 0.248. The lowest BCUT2D eigenvalue weighted by Gasteiger charge is -2.18. The highest BCUT2D eigenvalue weighted by molar-refractivity contribution is 6.35. The molecule has 112 valence electrons. The van der Waals surface area contributed by atoms with Gasteiger partial charge in [0.05, 0.1) is 6.04 Å². The molecule has 0 aliphatic carbocycles. The van der Waals surface area contributed by atoms with Crippen LogP contribution in [-0.2, 0) is 4.74 Å². The van der Waals surface area contributed by atoms with Crippen molar-refractivity contribution in [2.45, 2.75) is 19.4 Å². The van der Waals surface area contributed by atoms with Crippen LogP contribution in [0.4, 0.5) is 0 Å². The zero-order valence-electron chi connectivity index (χ0n) is 11.6. The summed E-state index contributed by atoms with van der Waals surface area (Å²) in [5, 5.41) is 4.38. The van der Waals surface area contributed by atoms with Crippen LogP contribution in [0.2, 0.25) is 10.0 Å². The Labute approximate surface area is 129 Å². The van der Waals surface area contributed by atoms with E-state index in [1.165, 1.54) is 0 Å². The molecule has 1 aromatic carbocycles. The summed E-state index contributed by atoms with van der Waals surface area (Å²) in [5.41, 5.74) is 3.47. The van der Waals surface area contributed by atoms with Crippen molar-refractivity contribution in [3.63, 3.8) is 0 Å². The van der Waals surface area contributed by atoms with E-state index in [0.717, 1.165) is 12.0 Å². The van der Waals surface area contributed by atoms with Crippen LogP contribution in [-0.4, -0.2) is 26.2 Å². The molecule has 4 N–H and O–H groups in total. The lowest BCUT2D eigenvalue weighted by Crippen LogP contribution is -2.42. The maximum absolute atomic E-state index is 6.16. The van der Waals surface area contributed by atoms with Gasteiger partial charge in [0.2, 0.25) is 5.96 Å². The number of benzene rings is 1. The third-order valence-corrected chi connectivity index (χ3v) is 3.26. The van der Waals surface area contributed by atoms with Gasteiger partial charge in [-0.2, -0.15) is 0 Å². The molecule has 1 atom stereocenters. The number of hydrogen-bond donors (Lipinski definition) is 3. The molecule has 0 spiro atoms. The molecule has 1 aromatic rings. The summed E-state index contributed by atoms with van der Waals surface area (Å²) in [5.74, 6) is 5.96. The number of nitrogens with zero attached hydrogens (tertiary/aromatic N) is 1.